The summed E-state index contributed by atoms with van der Waals surface area (Å²) in [4.78, 5) is 6.37. The van der Waals surface area contributed by atoms with E-state index >= 15 is 0 Å². The molecule has 1 aromatic carbocycles. The van der Waals surface area contributed by atoms with E-state index in [4.69, 9.17) is 5.26 Å². The number of rotatable bonds is 2. The number of hydrogen-bond donors (Lipinski definition) is 0. The Kier molecular flexibility index (Phi) is 2.62. The number of nitrogens with zero attached hydrogens (tertiary/aromatic N) is 5. The Labute approximate surface area is 110 Å². The van der Waals surface area contributed by atoms with Crippen LogP contribution < -0.4 is 4.90 Å². The summed E-state index contributed by atoms with van der Waals surface area (Å²) in [5.74, 6) is 0.824. The molecule has 2 heterocycles. The average Bonchev–Trinajstić information content (AvgIpc) is 2.95. The number of fused-ring (bicyclic) bond motifs is 1. The largest absolute Gasteiger partial charge is 0.328 e. The molecular weight excluding hydrogens is 238 g/mol. The fourth-order valence-electron chi connectivity index (χ4n) is 1.98. The standard InChI is InChI=1S/C14H11N5/c1-18(12-4-2-11(10-15)3-5-12)14-13-6-7-17-19(13)9-8-16-14/h2-9H,1H3. The van der Waals surface area contributed by atoms with Gasteiger partial charge in [-0.3, -0.25) is 0 Å². The third kappa shape index (κ3) is 1.89. The lowest BCUT2D eigenvalue weighted by atomic mass is 10.2. The summed E-state index contributed by atoms with van der Waals surface area (Å²) in [6, 6.07) is 11.4. The lowest BCUT2D eigenvalue weighted by Crippen LogP contribution is -2.12. The molecule has 0 unspecified atom stereocenters. The van der Waals surface area contributed by atoms with Gasteiger partial charge in [0.05, 0.1) is 17.8 Å². The number of aromatic nitrogens is 3. The van der Waals surface area contributed by atoms with Gasteiger partial charge in [0.1, 0.15) is 5.52 Å². The Bertz CT molecular complexity index is 751. The molecule has 5 nitrogen and oxygen atoms in total. The summed E-state index contributed by atoms with van der Waals surface area (Å²) in [7, 11) is 1.94. The molecular formula is C14H11N5. The van der Waals surface area contributed by atoms with E-state index < -0.39 is 0 Å². The highest BCUT2D eigenvalue weighted by Gasteiger charge is 2.10. The molecule has 0 saturated heterocycles. The molecule has 3 rings (SSSR count). The molecule has 0 aliphatic carbocycles. The van der Waals surface area contributed by atoms with E-state index in [9.17, 15) is 0 Å². The number of benzene rings is 1. The molecule has 0 fully saturated rings. The lowest BCUT2D eigenvalue weighted by molar-refractivity contribution is 0.938. The van der Waals surface area contributed by atoms with Crippen LogP contribution in [-0.4, -0.2) is 21.6 Å². The van der Waals surface area contributed by atoms with Crippen LogP contribution in [0.5, 0.6) is 0 Å². The second kappa shape index (κ2) is 4.42. The van der Waals surface area contributed by atoms with Crippen LogP contribution in [0.3, 0.4) is 0 Å². The topological polar surface area (TPSA) is 57.2 Å². The SMILES string of the molecule is CN(c1ccc(C#N)cc1)c1nccn2nccc12. The molecule has 0 radical (unpaired) electrons. The Balaban J connectivity index is 2.05. The van der Waals surface area contributed by atoms with Crippen molar-refractivity contribution in [2.24, 2.45) is 0 Å². The van der Waals surface area contributed by atoms with Crippen molar-refractivity contribution in [2.75, 3.05) is 11.9 Å². The first-order chi connectivity index (χ1) is 9.29. The third-order valence-corrected chi connectivity index (χ3v) is 3.01. The smallest absolute Gasteiger partial charge is 0.158 e. The Hall–Kier alpha value is -2.87. The maximum atomic E-state index is 8.81. The van der Waals surface area contributed by atoms with Crippen LogP contribution >= 0.6 is 0 Å². The van der Waals surface area contributed by atoms with Gasteiger partial charge in [-0.15, -0.1) is 0 Å². The van der Waals surface area contributed by atoms with Gasteiger partial charge < -0.3 is 4.90 Å². The van der Waals surface area contributed by atoms with Gasteiger partial charge in [0.2, 0.25) is 0 Å². The molecule has 0 spiro atoms. The van der Waals surface area contributed by atoms with E-state index in [2.05, 4.69) is 16.2 Å². The van der Waals surface area contributed by atoms with Gasteiger partial charge in [0, 0.05) is 25.1 Å². The molecule has 0 aliphatic heterocycles. The second-order valence-electron chi connectivity index (χ2n) is 4.13. The summed E-state index contributed by atoms with van der Waals surface area (Å²) < 4.78 is 1.78. The van der Waals surface area contributed by atoms with Crippen molar-refractivity contribution >= 4 is 17.0 Å². The summed E-state index contributed by atoms with van der Waals surface area (Å²) in [5.41, 5.74) is 2.56. The predicted octanol–water partition coefficient (Wildman–Crippen LogP) is 2.37. The quantitative estimate of drug-likeness (QED) is 0.699. The van der Waals surface area contributed by atoms with Crippen molar-refractivity contribution in [2.45, 2.75) is 0 Å². The zero-order valence-electron chi connectivity index (χ0n) is 10.4. The fraction of sp³-hybridized carbons (Fsp3) is 0.0714. The number of anilines is 2. The molecule has 0 aliphatic rings. The van der Waals surface area contributed by atoms with Crippen LogP contribution in [-0.2, 0) is 0 Å². The normalized spacial score (nSPS) is 10.3. The monoisotopic (exact) mass is 249 g/mol. The lowest BCUT2D eigenvalue weighted by Gasteiger charge is -2.18. The Morgan fingerprint density at radius 2 is 1.95 bits per heavy atom. The maximum absolute atomic E-state index is 8.81. The number of nitriles is 1. The van der Waals surface area contributed by atoms with Crippen molar-refractivity contribution in [3.63, 3.8) is 0 Å². The molecule has 0 saturated carbocycles. The second-order valence-corrected chi connectivity index (χ2v) is 4.13. The molecule has 5 heteroatoms. The number of hydrogen-bond acceptors (Lipinski definition) is 4. The molecule has 2 aromatic heterocycles. The van der Waals surface area contributed by atoms with E-state index in [1.165, 1.54) is 0 Å². The van der Waals surface area contributed by atoms with Gasteiger partial charge in [-0.2, -0.15) is 10.4 Å². The first-order valence-corrected chi connectivity index (χ1v) is 5.82. The highest BCUT2D eigenvalue weighted by Crippen LogP contribution is 2.25. The first-order valence-electron chi connectivity index (χ1n) is 5.82. The van der Waals surface area contributed by atoms with Crippen LogP contribution in [0.25, 0.3) is 5.52 Å². The van der Waals surface area contributed by atoms with E-state index in [0.29, 0.717) is 5.56 Å². The Morgan fingerprint density at radius 1 is 1.16 bits per heavy atom. The minimum atomic E-state index is 0.646. The molecule has 0 bridgehead atoms. The van der Waals surface area contributed by atoms with Crippen LogP contribution in [0.15, 0.2) is 48.9 Å². The van der Waals surface area contributed by atoms with Crippen molar-refractivity contribution in [3.8, 4) is 6.07 Å². The van der Waals surface area contributed by atoms with Crippen molar-refractivity contribution < 1.29 is 0 Å². The van der Waals surface area contributed by atoms with E-state index in [1.54, 1.807) is 29.0 Å². The molecule has 0 N–H and O–H groups in total. The fourth-order valence-corrected chi connectivity index (χ4v) is 1.98. The van der Waals surface area contributed by atoms with Crippen LogP contribution in [0, 0.1) is 11.3 Å². The van der Waals surface area contributed by atoms with Gasteiger partial charge in [-0.25, -0.2) is 9.50 Å². The molecule has 0 atom stereocenters. The molecule has 3 aromatic rings. The molecule has 19 heavy (non-hydrogen) atoms. The van der Waals surface area contributed by atoms with Gasteiger partial charge in [-0.1, -0.05) is 0 Å². The van der Waals surface area contributed by atoms with Gasteiger partial charge >= 0.3 is 0 Å². The van der Waals surface area contributed by atoms with Crippen molar-refractivity contribution in [1.29, 1.82) is 5.26 Å². The zero-order valence-corrected chi connectivity index (χ0v) is 10.4. The molecule has 0 amide bonds. The highest BCUT2D eigenvalue weighted by molar-refractivity contribution is 5.74. The van der Waals surface area contributed by atoms with Crippen LogP contribution in [0.4, 0.5) is 11.5 Å². The van der Waals surface area contributed by atoms with Crippen LogP contribution in [0.1, 0.15) is 5.56 Å². The van der Waals surface area contributed by atoms with Crippen molar-refractivity contribution in [1.82, 2.24) is 14.6 Å². The summed E-state index contributed by atoms with van der Waals surface area (Å²) in [6.07, 6.45) is 5.27. The highest BCUT2D eigenvalue weighted by atomic mass is 15.3. The van der Waals surface area contributed by atoms with Gasteiger partial charge in [0.25, 0.3) is 0 Å². The Morgan fingerprint density at radius 3 is 2.68 bits per heavy atom. The summed E-state index contributed by atoms with van der Waals surface area (Å²) in [6.45, 7) is 0. The zero-order chi connectivity index (χ0) is 13.2. The first kappa shape index (κ1) is 11.2. The van der Waals surface area contributed by atoms with Gasteiger partial charge in [0.15, 0.2) is 5.82 Å². The minimum absolute atomic E-state index is 0.646. The summed E-state index contributed by atoms with van der Waals surface area (Å²) >= 11 is 0. The van der Waals surface area contributed by atoms with E-state index in [-0.39, 0.29) is 0 Å². The predicted molar refractivity (Wildman–Crippen MR) is 72.2 cm³/mol. The van der Waals surface area contributed by atoms with Crippen LogP contribution in [0.2, 0.25) is 0 Å². The third-order valence-electron chi connectivity index (χ3n) is 3.01. The average molecular weight is 249 g/mol. The van der Waals surface area contributed by atoms with Gasteiger partial charge in [-0.05, 0) is 30.3 Å². The maximum Gasteiger partial charge on any atom is 0.158 e. The molecule has 92 valence electrons. The van der Waals surface area contributed by atoms with Crippen molar-refractivity contribution in [3.05, 3.63) is 54.5 Å². The summed E-state index contributed by atoms with van der Waals surface area (Å²) in [5, 5.41) is 13.0. The minimum Gasteiger partial charge on any atom is -0.328 e. The van der Waals surface area contributed by atoms with E-state index in [1.807, 2.05) is 36.3 Å². The van der Waals surface area contributed by atoms with E-state index in [0.717, 1.165) is 17.0 Å².